The number of hydrogen-bond acceptors (Lipinski definition) is 5. The average molecular weight is 479 g/mol. The molecule has 0 fully saturated rings. The van der Waals surface area contributed by atoms with E-state index in [1.807, 2.05) is 24.3 Å². The van der Waals surface area contributed by atoms with Gasteiger partial charge in [-0.15, -0.1) is 0 Å². The quantitative estimate of drug-likeness (QED) is 0.247. The van der Waals surface area contributed by atoms with Gasteiger partial charge in [0.15, 0.2) is 0 Å². The largest absolute Gasteiger partial charge is 0.492 e. The first-order valence-corrected chi connectivity index (χ1v) is 11.7. The second-order valence-corrected chi connectivity index (χ2v) is 8.97. The molecule has 0 amide bonds. The predicted molar refractivity (Wildman–Crippen MR) is 141 cm³/mol. The molecule has 0 heterocycles. The summed E-state index contributed by atoms with van der Waals surface area (Å²) in [6, 6.07) is 16.3. The Morgan fingerprint density at radius 2 is 1.43 bits per heavy atom. The minimum Gasteiger partial charge on any atom is -0.492 e. The number of ether oxygens (including phenoxy) is 3. The lowest BCUT2D eigenvalue weighted by atomic mass is 9.77. The number of hydrogen-bond donors (Lipinski definition) is 2. The number of benzene rings is 2. The maximum Gasteiger partial charge on any atom is 0.122 e. The molecule has 0 aromatic heterocycles. The summed E-state index contributed by atoms with van der Waals surface area (Å²) in [7, 11) is 0. The van der Waals surface area contributed by atoms with Gasteiger partial charge < -0.3 is 24.4 Å². The lowest BCUT2D eigenvalue weighted by Gasteiger charge is -2.27. The molecule has 0 aliphatic heterocycles. The normalized spacial score (nSPS) is 12.8. The molecule has 35 heavy (non-hydrogen) atoms. The van der Waals surface area contributed by atoms with Crippen LogP contribution in [0, 0.1) is 0 Å². The third-order valence-electron chi connectivity index (χ3n) is 5.79. The van der Waals surface area contributed by atoms with Crippen LogP contribution in [0.4, 0.5) is 0 Å². The highest BCUT2D eigenvalue weighted by molar-refractivity contribution is 5.42. The topological polar surface area (TPSA) is 68.2 Å². The molecule has 2 unspecified atom stereocenters. The summed E-state index contributed by atoms with van der Waals surface area (Å²) in [6.07, 6.45) is 2.98. The van der Waals surface area contributed by atoms with Crippen LogP contribution >= 0.6 is 0 Å². The summed E-state index contributed by atoms with van der Waals surface area (Å²) in [5, 5.41) is 20.3. The summed E-state index contributed by atoms with van der Waals surface area (Å²) < 4.78 is 16.4. The molecule has 0 radical (unpaired) electrons. The van der Waals surface area contributed by atoms with E-state index in [1.165, 1.54) is 12.2 Å². The molecule has 2 N–H and O–H groups in total. The van der Waals surface area contributed by atoms with Crippen molar-refractivity contribution < 1.29 is 24.4 Å². The summed E-state index contributed by atoms with van der Waals surface area (Å²) in [5.74, 6) is 1.55. The van der Waals surface area contributed by atoms with Gasteiger partial charge in [-0.3, -0.25) is 0 Å². The van der Waals surface area contributed by atoms with Crippen molar-refractivity contribution in [1.82, 2.24) is 0 Å². The van der Waals surface area contributed by atoms with Crippen molar-refractivity contribution in [3.63, 3.8) is 0 Å². The SMILES string of the molecule is C=CC(=C)OCC(O)CCc1cccc(C(C)(C)c2cccc(OCC(O)COC(=C)C=C)c2)c1. The van der Waals surface area contributed by atoms with Gasteiger partial charge in [0.1, 0.15) is 43.2 Å². The molecule has 0 saturated carbocycles. The van der Waals surface area contributed by atoms with Gasteiger partial charge in [0.2, 0.25) is 0 Å². The van der Waals surface area contributed by atoms with E-state index in [0.29, 0.717) is 23.7 Å². The first kappa shape index (κ1) is 28.0. The van der Waals surface area contributed by atoms with Gasteiger partial charge in [-0.25, -0.2) is 0 Å². The molecule has 2 aromatic carbocycles. The Hall–Kier alpha value is -3.28. The number of aryl methyl sites for hydroxylation is 1. The smallest absolute Gasteiger partial charge is 0.122 e. The Bertz CT molecular complexity index is 928. The molecule has 188 valence electrons. The van der Waals surface area contributed by atoms with E-state index in [2.05, 4.69) is 64.4 Å². The van der Waals surface area contributed by atoms with E-state index in [1.54, 1.807) is 0 Å². The van der Waals surface area contributed by atoms with Crippen molar-refractivity contribution in [2.45, 2.75) is 44.3 Å². The zero-order valence-electron chi connectivity index (χ0n) is 20.9. The first-order valence-electron chi connectivity index (χ1n) is 11.7. The minimum atomic E-state index is -0.782. The van der Waals surface area contributed by atoms with Crippen LogP contribution in [0.1, 0.15) is 37.0 Å². The Morgan fingerprint density at radius 3 is 2.06 bits per heavy atom. The van der Waals surface area contributed by atoms with E-state index >= 15 is 0 Å². The third kappa shape index (κ3) is 9.12. The fourth-order valence-corrected chi connectivity index (χ4v) is 3.44. The second-order valence-electron chi connectivity index (χ2n) is 8.97. The van der Waals surface area contributed by atoms with Crippen molar-refractivity contribution in [3.8, 4) is 5.75 Å². The fraction of sp³-hybridized carbons (Fsp3) is 0.333. The van der Waals surface area contributed by atoms with Crippen LogP contribution in [-0.2, 0) is 21.3 Å². The summed E-state index contributed by atoms with van der Waals surface area (Å²) >= 11 is 0. The van der Waals surface area contributed by atoms with Crippen molar-refractivity contribution in [2.75, 3.05) is 19.8 Å². The van der Waals surface area contributed by atoms with Crippen molar-refractivity contribution in [2.24, 2.45) is 0 Å². The molecule has 0 aliphatic rings. The number of allylic oxidation sites excluding steroid dienone is 2. The highest BCUT2D eigenvalue weighted by Crippen LogP contribution is 2.34. The predicted octanol–water partition coefficient (Wildman–Crippen LogP) is 5.48. The van der Waals surface area contributed by atoms with Gasteiger partial charge in [0.05, 0.1) is 6.10 Å². The minimum absolute atomic E-state index is 0.0899. The standard InChI is InChI=1S/C30H38O5/c1-7-22(3)33-19-27(31)16-15-24-11-9-12-25(17-24)30(5,6)26-13-10-14-29(18-26)35-21-28(32)20-34-23(4)8-2/h7-14,17-18,27-28,31-32H,1-4,15-16,19-21H2,5-6H3. The third-order valence-corrected chi connectivity index (χ3v) is 5.79. The highest BCUT2D eigenvalue weighted by Gasteiger charge is 2.24. The lowest BCUT2D eigenvalue weighted by molar-refractivity contribution is 0.0408. The number of aliphatic hydroxyl groups is 2. The van der Waals surface area contributed by atoms with Gasteiger partial charge in [0, 0.05) is 5.41 Å². The molecule has 0 bridgehead atoms. The van der Waals surface area contributed by atoms with Gasteiger partial charge >= 0.3 is 0 Å². The van der Waals surface area contributed by atoms with Crippen molar-refractivity contribution >= 4 is 0 Å². The maximum atomic E-state index is 10.2. The van der Waals surface area contributed by atoms with Crippen LogP contribution in [0.5, 0.6) is 5.75 Å². The molecule has 0 spiro atoms. The van der Waals surface area contributed by atoms with Crippen molar-refractivity contribution in [3.05, 3.63) is 115 Å². The van der Waals surface area contributed by atoms with Crippen molar-refractivity contribution in [1.29, 1.82) is 0 Å². The molecular weight excluding hydrogens is 440 g/mol. The second kappa shape index (κ2) is 13.6. The molecule has 5 nitrogen and oxygen atoms in total. The molecule has 2 atom stereocenters. The molecule has 5 heteroatoms. The Morgan fingerprint density at radius 1 is 0.857 bits per heavy atom. The van der Waals surface area contributed by atoms with E-state index in [4.69, 9.17) is 14.2 Å². The van der Waals surface area contributed by atoms with Crippen LogP contribution in [0.15, 0.2) is 98.5 Å². The van der Waals surface area contributed by atoms with Gasteiger partial charge in [0.25, 0.3) is 0 Å². The fourth-order valence-electron chi connectivity index (χ4n) is 3.44. The van der Waals surface area contributed by atoms with E-state index in [-0.39, 0.29) is 25.2 Å². The van der Waals surface area contributed by atoms with Gasteiger partial charge in [-0.05, 0) is 53.8 Å². The van der Waals surface area contributed by atoms with Crippen LogP contribution < -0.4 is 4.74 Å². The molecule has 0 saturated heterocycles. The maximum absolute atomic E-state index is 10.2. The average Bonchev–Trinajstić information content (AvgIpc) is 2.88. The van der Waals surface area contributed by atoms with Crippen LogP contribution in [-0.4, -0.2) is 42.2 Å². The first-order chi connectivity index (χ1) is 16.6. The summed E-state index contributed by atoms with van der Waals surface area (Å²) in [4.78, 5) is 0. The highest BCUT2D eigenvalue weighted by atomic mass is 16.5. The zero-order valence-corrected chi connectivity index (χ0v) is 20.9. The van der Waals surface area contributed by atoms with Crippen LogP contribution in [0.2, 0.25) is 0 Å². The Kier molecular flexibility index (Phi) is 10.8. The molecule has 2 aromatic rings. The van der Waals surface area contributed by atoms with Crippen LogP contribution in [0.3, 0.4) is 0 Å². The summed E-state index contributed by atoms with van der Waals surface area (Å²) in [6.45, 7) is 19.2. The summed E-state index contributed by atoms with van der Waals surface area (Å²) in [5.41, 5.74) is 3.12. The van der Waals surface area contributed by atoms with Crippen LogP contribution in [0.25, 0.3) is 0 Å². The van der Waals surface area contributed by atoms with E-state index in [9.17, 15) is 10.2 Å². The van der Waals surface area contributed by atoms with E-state index < -0.39 is 12.2 Å². The zero-order chi connectivity index (χ0) is 25.8. The molecule has 2 rings (SSSR count). The number of aliphatic hydroxyl groups excluding tert-OH is 2. The van der Waals surface area contributed by atoms with E-state index in [0.717, 1.165) is 23.1 Å². The van der Waals surface area contributed by atoms with Gasteiger partial charge in [-0.1, -0.05) is 76.6 Å². The van der Waals surface area contributed by atoms with Gasteiger partial charge in [-0.2, -0.15) is 0 Å². The molecule has 0 aliphatic carbocycles. The molecular formula is C30H38O5. The monoisotopic (exact) mass is 478 g/mol. The number of rotatable bonds is 16. The Labute approximate surface area is 209 Å². The Balaban J connectivity index is 2.01. The lowest BCUT2D eigenvalue weighted by Crippen LogP contribution is -2.23.